The Balaban J connectivity index is 3.73. The first-order valence-corrected chi connectivity index (χ1v) is 5.56. The van der Waals surface area contributed by atoms with Gasteiger partial charge in [-0.3, -0.25) is 4.57 Å². The summed E-state index contributed by atoms with van der Waals surface area (Å²) in [6.07, 6.45) is 0.989. The Labute approximate surface area is 77.5 Å². The van der Waals surface area contributed by atoms with Crippen molar-refractivity contribution in [2.24, 2.45) is 4.99 Å². The van der Waals surface area contributed by atoms with Crippen molar-refractivity contribution in [3.8, 4) is 0 Å². The number of nitrogens with zero attached hydrogens (tertiary/aromatic N) is 1. The summed E-state index contributed by atoms with van der Waals surface area (Å²) < 4.78 is 20.8. The minimum atomic E-state index is -2.84. The van der Waals surface area contributed by atoms with Crippen LogP contribution in [0.3, 0.4) is 0 Å². The fraction of sp³-hybridized carbons (Fsp3) is 0.833. The van der Waals surface area contributed by atoms with Gasteiger partial charge in [0.25, 0.3) is 0 Å². The van der Waals surface area contributed by atoms with E-state index in [-0.39, 0.29) is 0 Å². The van der Waals surface area contributed by atoms with Gasteiger partial charge in [-0.15, -0.1) is 0 Å². The van der Waals surface area contributed by atoms with Gasteiger partial charge in [-0.25, -0.2) is 4.99 Å². The molecule has 12 heavy (non-hydrogen) atoms. The van der Waals surface area contributed by atoms with Crippen LogP contribution < -0.4 is 0 Å². The Bertz CT molecular complexity index is 207. The lowest BCUT2D eigenvalue weighted by molar-refractivity contribution is 0.275. The van der Waals surface area contributed by atoms with Crippen LogP contribution in [0, 0.1) is 0 Å². The lowest BCUT2D eigenvalue weighted by Crippen LogP contribution is -1.96. The second kappa shape index (κ2) is 6.46. The molecule has 0 aromatic carbocycles. The Morgan fingerprint density at radius 1 is 1.50 bits per heavy atom. The zero-order chi connectivity index (χ0) is 9.45. The molecule has 0 unspecified atom stereocenters. The molecule has 0 aliphatic rings. The van der Waals surface area contributed by atoms with E-state index < -0.39 is 7.60 Å². The summed E-state index contributed by atoms with van der Waals surface area (Å²) in [5, 5.41) is 2.23. The molecule has 0 aromatic heterocycles. The summed E-state index contributed by atoms with van der Waals surface area (Å²) in [6, 6.07) is 0. The molecular formula is C6H12NO3PS. The number of hydrogen-bond acceptors (Lipinski definition) is 5. The molecule has 0 saturated heterocycles. The summed E-state index contributed by atoms with van der Waals surface area (Å²) in [5.74, 6) is 0. The molecule has 0 radical (unpaired) electrons. The van der Waals surface area contributed by atoms with Crippen molar-refractivity contribution in [3.63, 3.8) is 0 Å². The van der Waals surface area contributed by atoms with Crippen molar-refractivity contribution >= 4 is 25.0 Å². The van der Waals surface area contributed by atoms with Crippen LogP contribution in [-0.4, -0.2) is 32.1 Å². The molecule has 0 spiro atoms. The Kier molecular flexibility index (Phi) is 6.44. The standard InChI is InChI=1S/C6H12NO3PS/c1-9-11(8,10-2)5-3-4-7-6-12/h3-5H2,1-2H3. The summed E-state index contributed by atoms with van der Waals surface area (Å²) in [4.78, 5) is 3.68. The highest BCUT2D eigenvalue weighted by molar-refractivity contribution is 7.78. The quantitative estimate of drug-likeness (QED) is 0.290. The van der Waals surface area contributed by atoms with Crippen LogP contribution in [0.5, 0.6) is 0 Å². The Morgan fingerprint density at radius 2 is 2.08 bits per heavy atom. The third kappa shape index (κ3) is 4.75. The van der Waals surface area contributed by atoms with Gasteiger partial charge in [0.1, 0.15) is 0 Å². The lowest BCUT2D eigenvalue weighted by Gasteiger charge is -2.11. The van der Waals surface area contributed by atoms with Gasteiger partial charge in [0.05, 0.1) is 11.3 Å². The average molecular weight is 209 g/mol. The maximum Gasteiger partial charge on any atom is 0.330 e. The van der Waals surface area contributed by atoms with Crippen molar-refractivity contribution < 1.29 is 13.6 Å². The van der Waals surface area contributed by atoms with Crippen molar-refractivity contribution in [2.45, 2.75) is 6.42 Å². The van der Waals surface area contributed by atoms with E-state index in [1.807, 2.05) is 0 Å². The average Bonchev–Trinajstić information content (AvgIpc) is 2.12. The molecular weight excluding hydrogens is 197 g/mol. The van der Waals surface area contributed by atoms with E-state index in [2.05, 4.69) is 22.4 Å². The zero-order valence-electron chi connectivity index (χ0n) is 7.15. The Hall–Kier alpha value is -0.0500. The summed E-state index contributed by atoms with van der Waals surface area (Å²) in [5.41, 5.74) is 0. The molecule has 0 rings (SSSR count). The van der Waals surface area contributed by atoms with E-state index in [9.17, 15) is 4.57 Å². The zero-order valence-corrected chi connectivity index (χ0v) is 8.86. The second-order valence-corrected chi connectivity index (χ2v) is 4.61. The maximum absolute atomic E-state index is 11.4. The van der Waals surface area contributed by atoms with Crippen molar-refractivity contribution in [1.29, 1.82) is 0 Å². The van der Waals surface area contributed by atoms with Crippen LogP contribution in [-0.2, 0) is 13.6 Å². The fourth-order valence-corrected chi connectivity index (χ4v) is 1.78. The molecule has 0 N–H and O–H groups in total. The highest BCUT2D eigenvalue weighted by Gasteiger charge is 2.19. The number of rotatable bonds is 6. The van der Waals surface area contributed by atoms with Crippen molar-refractivity contribution in [3.05, 3.63) is 0 Å². The third-order valence-corrected chi connectivity index (χ3v) is 3.43. The van der Waals surface area contributed by atoms with Crippen LogP contribution in [0.15, 0.2) is 4.99 Å². The monoisotopic (exact) mass is 209 g/mol. The second-order valence-electron chi connectivity index (χ2n) is 2.03. The molecule has 0 amide bonds. The molecule has 0 fully saturated rings. The first-order valence-electron chi connectivity index (χ1n) is 3.42. The van der Waals surface area contributed by atoms with Gasteiger partial charge in [0.2, 0.25) is 0 Å². The third-order valence-electron chi connectivity index (χ3n) is 1.32. The van der Waals surface area contributed by atoms with E-state index in [1.165, 1.54) is 14.2 Å². The first-order chi connectivity index (χ1) is 5.68. The van der Waals surface area contributed by atoms with Crippen molar-refractivity contribution in [1.82, 2.24) is 0 Å². The van der Waals surface area contributed by atoms with E-state index in [1.54, 1.807) is 0 Å². The van der Waals surface area contributed by atoms with E-state index >= 15 is 0 Å². The predicted octanol–water partition coefficient (Wildman–Crippen LogP) is 1.97. The summed E-state index contributed by atoms with van der Waals surface area (Å²) >= 11 is 4.37. The fourth-order valence-electron chi connectivity index (χ4n) is 0.646. The molecule has 0 aliphatic carbocycles. The predicted molar refractivity (Wildman–Crippen MR) is 51.0 cm³/mol. The van der Waals surface area contributed by atoms with Crippen molar-refractivity contribution in [2.75, 3.05) is 26.9 Å². The van der Waals surface area contributed by atoms with E-state index in [0.29, 0.717) is 19.1 Å². The smallest absolute Gasteiger partial charge is 0.312 e. The molecule has 4 nitrogen and oxygen atoms in total. The van der Waals surface area contributed by atoms with E-state index in [0.717, 1.165) is 0 Å². The van der Waals surface area contributed by atoms with Crippen LogP contribution in [0.1, 0.15) is 6.42 Å². The molecule has 6 heteroatoms. The molecule has 0 atom stereocenters. The largest absolute Gasteiger partial charge is 0.330 e. The van der Waals surface area contributed by atoms with Gasteiger partial charge < -0.3 is 9.05 Å². The van der Waals surface area contributed by atoms with Gasteiger partial charge in [0, 0.05) is 20.8 Å². The van der Waals surface area contributed by atoms with Gasteiger partial charge in [0.15, 0.2) is 0 Å². The SMILES string of the molecule is COP(=O)(CCCN=C=S)OC. The van der Waals surface area contributed by atoms with Gasteiger partial charge in [-0.2, -0.15) is 0 Å². The minimum Gasteiger partial charge on any atom is -0.312 e. The molecule has 0 aliphatic heterocycles. The molecule has 0 aromatic rings. The van der Waals surface area contributed by atoms with Crippen LogP contribution in [0.4, 0.5) is 0 Å². The molecule has 0 saturated carbocycles. The molecule has 0 heterocycles. The number of hydrogen-bond donors (Lipinski definition) is 0. The normalized spacial score (nSPS) is 10.8. The number of thiocarbonyl (C=S) groups is 1. The van der Waals surface area contributed by atoms with Gasteiger partial charge in [-0.1, -0.05) is 0 Å². The van der Waals surface area contributed by atoms with Crippen LogP contribution >= 0.6 is 19.8 Å². The molecule has 0 bridgehead atoms. The summed E-state index contributed by atoms with van der Waals surface area (Å²) in [7, 11) is -0.108. The number of isothiocyanates is 1. The highest BCUT2D eigenvalue weighted by atomic mass is 32.1. The minimum absolute atomic E-state index is 0.362. The maximum atomic E-state index is 11.4. The highest BCUT2D eigenvalue weighted by Crippen LogP contribution is 2.46. The first kappa shape index (κ1) is 11.9. The van der Waals surface area contributed by atoms with Crippen LogP contribution in [0.2, 0.25) is 0 Å². The van der Waals surface area contributed by atoms with Gasteiger partial charge >= 0.3 is 7.60 Å². The number of aliphatic imine (C=N–C) groups is 1. The lowest BCUT2D eigenvalue weighted by atomic mass is 10.5. The topological polar surface area (TPSA) is 47.9 Å². The Morgan fingerprint density at radius 3 is 2.50 bits per heavy atom. The van der Waals surface area contributed by atoms with Crippen LogP contribution in [0.25, 0.3) is 0 Å². The van der Waals surface area contributed by atoms with Gasteiger partial charge in [-0.05, 0) is 18.6 Å². The summed E-state index contributed by atoms with van der Waals surface area (Å²) in [6.45, 7) is 0.514. The molecule has 70 valence electrons. The van der Waals surface area contributed by atoms with E-state index in [4.69, 9.17) is 9.05 Å².